The van der Waals surface area contributed by atoms with Crippen molar-refractivity contribution in [2.75, 3.05) is 17.2 Å². The van der Waals surface area contributed by atoms with Crippen LogP contribution in [0.3, 0.4) is 0 Å². The van der Waals surface area contributed by atoms with Crippen molar-refractivity contribution in [1.82, 2.24) is 5.32 Å². The Morgan fingerprint density at radius 1 is 1.40 bits per heavy atom. The number of nitrogens with one attached hydrogen (secondary N) is 3. The fourth-order valence-corrected chi connectivity index (χ4v) is 2.18. The van der Waals surface area contributed by atoms with Crippen LogP contribution in [-0.4, -0.2) is 24.4 Å². The van der Waals surface area contributed by atoms with Crippen molar-refractivity contribution in [2.45, 2.75) is 32.2 Å². The van der Waals surface area contributed by atoms with Gasteiger partial charge in [0.05, 0.1) is 5.69 Å². The van der Waals surface area contributed by atoms with E-state index >= 15 is 0 Å². The predicted octanol–water partition coefficient (Wildman–Crippen LogP) is 1.86. The van der Waals surface area contributed by atoms with Gasteiger partial charge in [-0.25, -0.2) is 4.39 Å². The van der Waals surface area contributed by atoms with Gasteiger partial charge < -0.3 is 16.0 Å². The monoisotopic (exact) mass is 279 g/mol. The Morgan fingerprint density at radius 3 is 2.95 bits per heavy atom. The number of benzene rings is 1. The molecule has 0 spiro atoms. The normalized spacial score (nSPS) is 18.9. The summed E-state index contributed by atoms with van der Waals surface area (Å²) in [4.78, 5) is 22.8. The molecule has 1 aromatic carbocycles. The molecule has 1 saturated heterocycles. The number of halogens is 1. The molecular formula is C14H18FN3O2. The summed E-state index contributed by atoms with van der Waals surface area (Å²) in [5.74, 6) is -0.891. The highest BCUT2D eigenvalue weighted by Crippen LogP contribution is 2.21. The van der Waals surface area contributed by atoms with Crippen molar-refractivity contribution in [3.8, 4) is 0 Å². The minimum absolute atomic E-state index is 0.0482. The van der Waals surface area contributed by atoms with E-state index in [9.17, 15) is 14.0 Å². The predicted molar refractivity (Wildman–Crippen MR) is 75.0 cm³/mol. The van der Waals surface area contributed by atoms with Crippen LogP contribution in [0.1, 0.15) is 26.2 Å². The van der Waals surface area contributed by atoms with E-state index in [2.05, 4.69) is 16.0 Å². The van der Waals surface area contributed by atoms with E-state index in [1.165, 1.54) is 19.1 Å². The van der Waals surface area contributed by atoms with Crippen LogP contribution in [0.25, 0.3) is 0 Å². The Hall–Kier alpha value is -2.11. The zero-order chi connectivity index (χ0) is 14.5. The van der Waals surface area contributed by atoms with E-state index in [1.54, 1.807) is 6.07 Å². The van der Waals surface area contributed by atoms with Crippen LogP contribution in [-0.2, 0) is 9.59 Å². The van der Waals surface area contributed by atoms with Crippen LogP contribution in [0, 0.1) is 5.82 Å². The number of amides is 2. The Bertz CT molecular complexity index is 519. The Morgan fingerprint density at radius 2 is 2.20 bits per heavy atom. The second kappa shape index (κ2) is 6.36. The molecule has 20 heavy (non-hydrogen) atoms. The van der Waals surface area contributed by atoms with Gasteiger partial charge in [-0.3, -0.25) is 9.59 Å². The highest BCUT2D eigenvalue weighted by Gasteiger charge is 2.20. The van der Waals surface area contributed by atoms with Gasteiger partial charge in [0.25, 0.3) is 0 Å². The van der Waals surface area contributed by atoms with Crippen LogP contribution in [0.5, 0.6) is 0 Å². The van der Waals surface area contributed by atoms with Crippen molar-refractivity contribution in [3.63, 3.8) is 0 Å². The molecule has 0 radical (unpaired) electrons. The first kappa shape index (κ1) is 14.3. The van der Waals surface area contributed by atoms with Crippen LogP contribution in [0.2, 0.25) is 0 Å². The number of carbonyl (C=O) groups excluding carboxylic acids is 2. The third kappa shape index (κ3) is 3.69. The molecule has 1 atom stereocenters. The number of carbonyl (C=O) groups is 2. The van der Waals surface area contributed by atoms with Gasteiger partial charge in [0.15, 0.2) is 0 Å². The van der Waals surface area contributed by atoms with Gasteiger partial charge in [-0.2, -0.15) is 0 Å². The number of anilines is 2. The van der Waals surface area contributed by atoms with Crippen molar-refractivity contribution in [1.29, 1.82) is 0 Å². The third-order valence-corrected chi connectivity index (χ3v) is 3.15. The lowest BCUT2D eigenvalue weighted by Gasteiger charge is -2.17. The highest BCUT2D eigenvalue weighted by molar-refractivity contribution is 5.90. The van der Waals surface area contributed by atoms with Crippen LogP contribution >= 0.6 is 0 Å². The maximum atomic E-state index is 13.5. The summed E-state index contributed by atoms with van der Waals surface area (Å²) in [5.41, 5.74) is 0.716. The van der Waals surface area contributed by atoms with Gasteiger partial charge in [0, 0.05) is 19.2 Å². The fraction of sp³-hybridized carbons (Fsp3) is 0.429. The second-order valence-corrected chi connectivity index (χ2v) is 4.86. The van der Waals surface area contributed by atoms with Crippen LogP contribution < -0.4 is 16.0 Å². The van der Waals surface area contributed by atoms with E-state index in [1.807, 2.05) is 0 Å². The summed E-state index contributed by atoms with van der Waals surface area (Å²) in [6.45, 7) is 2.01. The summed E-state index contributed by atoms with van der Waals surface area (Å²) in [7, 11) is 0. The molecule has 5 nitrogen and oxygen atoms in total. The van der Waals surface area contributed by atoms with Crippen molar-refractivity contribution >= 4 is 23.2 Å². The first-order valence-electron chi connectivity index (χ1n) is 6.67. The quantitative estimate of drug-likeness (QED) is 0.791. The van der Waals surface area contributed by atoms with Crippen LogP contribution in [0.4, 0.5) is 15.8 Å². The average molecular weight is 279 g/mol. The number of hydrogen-bond acceptors (Lipinski definition) is 3. The fourth-order valence-electron chi connectivity index (χ4n) is 2.18. The molecule has 0 aromatic heterocycles. The molecule has 2 rings (SSSR count). The molecule has 1 aliphatic rings. The van der Waals surface area contributed by atoms with Crippen molar-refractivity contribution in [2.24, 2.45) is 0 Å². The lowest BCUT2D eigenvalue weighted by atomic mass is 10.1. The van der Waals surface area contributed by atoms with Gasteiger partial charge in [-0.05, 0) is 37.5 Å². The largest absolute Gasteiger partial charge is 0.374 e. The molecule has 1 fully saturated rings. The maximum Gasteiger partial charge on any atom is 0.242 e. The van der Waals surface area contributed by atoms with Gasteiger partial charge in [-0.15, -0.1) is 0 Å². The molecule has 2 amide bonds. The van der Waals surface area contributed by atoms with Crippen molar-refractivity contribution in [3.05, 3.63) is 24.0 Å². The summed E-state index contributed by atoms with van der Waals surface area (Å²) in [5, 5.41) is 8.33. The molecule has 1 heterocycles. The van der Waals surface area contributed by atoms with Crippen LogP contribution in [0.15, 0.2) is 18.2 Å². The minimum Gasteiger partial charge on any atom is -0.374 e. The van der Waals surface area contributed by atoms with Gasteiger partial charge in [0.1, 0.15) is 11.9 Å². The summed E-state index contributed by atoms with van der Waals surface area (Å²) in [6.07, 6.45) is 2.65. The SMILES string of the molecule is CC(=O)Nc1cc(NC2CCCCNC2=O)ccc1F. The van der Waals surface area contributed by atoms with Gasteiger partial charge >= 0.3 is 0 Å². The smallest absolute Gasteiger partial charge is 0.242 e. The van der Waals surface area contributed by atoms with E-state index in [4.69, 9.17) is 0 Å². The van der Waals surface area contributed by atoms with Gasteiger partial charge in [0.2, 0.25) is 11.8 Å². The molecule has 1 aliphatic heterocycles. The number of rotatable bonds is 3. The zero-order valence-corrected chi connectivity index (χ0v) is 11.3. The molecule has 0 aliphatic carbocycles. The Balaban J connectivity index is 2.12. The highest BCUT2D eigenvalue weighted by atomic mass is 19.1. The first-order valence-corrected chi connectivity index (χ1v) is 6.67. The zero-order valence-electron chi connectivity index (χ0n) is 11.3. The molecular weight excluding hydrogens is 261 g/mol. The average Bonchev–Trinajstić information content (AvgIpc) is 2.58. The first-order chi connectivity index (χ1) is 9.56. The Kier molecular flexibility index (Phi) is 4.55. The van der Waals surface area contributed by atoms with E-state index < -0.39 is 5.82 Å². The topological polar surface area (TPSA) is 70.2 Å². The lowest BCUT2D eigenvalue weighted by molar-refractivity contribution is -0.121. The molecule has 0 saturated carbocycles. The lowest BCUT2D eigenvalue weighted by Crippen LogP contribution is -2.37. The number of hydrogen-bond donors (Lipinski definition) is 3. The van der Waals surface area contributed by atoms with E-state index in [-0.39, 0.29) is 23.5 Å². The second-order valence-electron chi connectivity index (χ2n) is 4.86. The molecule has 0 bridgehead atoms. The molecule has 1 aromatic rings. The molecule has 6 heteroatoms. The maximum absolute atomic E-state index is 13.5. The summed E-state index contributed by atoms with van der Waals surface area (Å²) >= 11 is 0. The standard InChI is InChI=1S/C14H18FN3O2/c1-9(19)17-13-8-10(5-6-11(13)15)18-12-4-2-3-7-16-14(12)20/h5-6,8,12,18H,2-4,7H2,1H3,(H,16,20)(H,17,19). The molecule has 1 unspecified atom stereocenters. The van der Waals surface area contributed by atoms with E-state index in [0.29, 0.717) is 12.2 Å². The Labute approximate surface area is 116 Å². The minimum atomic E-state index is -0.504. The molecule has 108 valence electrons. The molecule has 3 N–H and O–H groups in total. The third-order valence-electron chi connectivity index (χ3n) is 3.15. The summed E-state index contributed by atoms with van der Waals surface area (Å²) < 4.78 is 13.5. The summed E-state index contributed by atoms with van der Waals surface area (Å²) in [6, 6.07) is 3.99. The van der Waals surface area contributed by atoms with Crippen molar-refractivity contribution < 1.29 is 14.0 Å². The van der Waals surface area contributed by atoms with Gasteiger partial charge in [-0.1, -0.05) is 0 Å². The van der Waals surface area contributed by atoms with E-state index in [0.717, 1.165) is 19.3 Å².